The average molecular weight is 236 g/mol. The first-order valence-corrected chi connectivity index (χ1v) is 6.12. The van der Waals surface area contributed by atoms with Crippen molar-refractivity contribution >= 4 is 0 Å². The van der Waals surface area contributed by atoms with Crippen LogP contribution in [0.5, 0.6) is 5.75 Å². The lowest BCUT2D eigenvalue weighted by atomic mass is 9.85. The summed E-state index contributed by atoms with van der Waals surface area (Å²) in [4.78, 5) is 0. The third-order valence-electron chi connectivity index (χ3n) is 3.48. The van der Waals surface area contributed by atoms with E-state index in [4.69, 9.17) is 10.6 Å². The summed E-state index contributed by atoms with van der Waals surface area (Å²) in [5.41, 5.74) is 5.28. The lowest BCUT2D eigenvalue weighted by Gasteiger charge is -2.28. The fourth-order valence-electron chi connectivity index (χ4n) is 2.01. The Morgan fingerprint density at radius 2 is 1.88 bits per heavy atom. The van der Waals surface area contributed by atoms with Gasteiger partial charge in [0.05, 0.1) is 13.2 Å². The molecule has 0 fully saturated rings. The van der Waals surface area contributed by atoms with Crippen LogP contribution in [0.4, 0.5) is 0 Å². The maximum atomic E-state index is 5.71. The maximum Gasteiger partial charge on any atom is 0.123 e. The van der Waals surface area contributed by atoms with Crippen molar-refractivity contribution in [3.8, 4) is 5.75 Å². The smallest absolute Gasteiger partial charge is 0.123 e. The number of hydrogen-bond donors (Lipinski definition) is 2. The van der Waals surface area contributed by atoms with Crippen molar-refractivity contribution in [1.82, 2.24) is 5.43 Å². The lowest BCUT2D eigenvalue weighted by molar-refractivity contribution is 0.296. The number of methoxy groups -OCH3 is 1. The summed E-state index contributed by atoms with van der Waals surface area (Å²) in [5.74, 6) is 7.60. The molecule has 2 atom stereocenters. The summed E-state index contributed by atoms with van der Waals surface area (Å²) in [7, 11) is 1.70. The summed E-state index contributed by atoms with van der Waals surface area (Å²) in [6.07, 6.45) is 0. The molecule has 17 heavy (non-hydrogen) atoms. The molecule has 96 valence electrons. The molecule has 3 N–H and O–H groups in total. The minimum atomic E-state index is 0.116. The maximum absolute atomic E-state index is 5.71. The molecular weight excluding hydrogens is 212 g/mol. The van der Waals surface area contributed by atoms with Crippen molar-refractivity contribution in [2.45, 2.75) is 33.7 Å². The molecule has 0 bridgehead atoms. The van der Waals surface area contributed by atoms with Crippen LogP contribution in [0.1, 0.15) is 37.9 Å². The van der Waals surface area contributed by atoms with Gasteiger partial charge in [0, 0.05) is 5.56 Å². The summed E-state index contributed by atoms with van der Waals surface area (Å²) in [6.45, 7) is 8.70. The van der Waals surface area contributed by atoms with E-state index < -0.39 is 0 Å². The van der Waals surface area contributed by atoms with Gasteiger partial charge in [0.25, 0.3) is 0 Å². The molecular formula is C14H24N2O. The fourth-order valence-corrected chi connectivity index (χ4v) is 2.01. The highest BCUT2D eigenvalue weighted by Gasteiger charge is 2.23. The van der Waals surface area contributed by atoms with Crippen LogP contribution >= 0.6 is 0 Å². The van der Waals surface area contributed by atoms with Gasteiger partial charge in [-0.2, -0.15) is 0 Å². The van der Waals surface area contributed by atoms with E-state index in [1.54, 1.807) is 7.11 Å². The molecule has 0 spiro atoms. The Morgan fingerprint density at radius 3 is 2.35 bits per heavy atom. The van der Waals surface area contributed by atoms with Crippen molar-refractivity contribution < 1.29 is 4.74 Å². The minimum Gasteiger partial charge on any atom is -0.496 e. The Morgan fingerprint density at radius 1 is 1.24 bits per heavy atom. The van der Waals surface area contributed by atoms with Gasteiger partial charge in [0.15, 0.2) is 0 Å². The highest BCUT2D eigenvalue weighted by Crippen LogP contribution is 2.33. The number of nitrogens with two attached hydrogens (primary N) is 1. The zero-order valence-corrected chi connectivity index (χ0v) is 11.4. The number of aryl methyl sites for hydroxylation is 1. The first-order chi connectivity index (χ1) is 8.01. The number of hydrogen-bond acceptors (Lipinski definition) is 3. The molecule has 0 aliphatic heterocycles. The average Bonchev–Trinajstić information content (AvgIpc) is 2.30. The van der Waals surface area contributed by atoms with Crippen LogP contribution in [0.2, 0.25) is 0 Å². The van der Waals surface area contributed by atoms with Gasteiger partial charge in [0.1, 0.15) is 5.75 Å². The van der Waals surface area contributed by atoms with E-state index in [1.807, 2.05) is 6.07 Å². The Labute approximate surface area is 104 Å². The summed E-state index contributed by atoms with van der Waals surface area (Å²) >= 11 is 0. The topological polar surface area (TPSA) is 47.3 Å². The van der Waals surface area contributed by atoms with E-state index in [2.05, 4.69) is 45.3 Å². The van der Waals surface area contributed by atoms with Gasteiger partial charge >= 0.3 is 0 Å². The molecule has 0 aliphatic rings. The Kier molecular flexibility index (Phi) is 4.97. The number of ether oxygens (including phenoxy) is 1. The Balaban J connectivity index is 3.14. The van der Waals surface area contributed by atoms with Gasteiger partial charge in [-0.05, 0) is 24.8 Å². The number of rotatable bonds is 5. The fraction of sp³-hybridized carbons (Fsp3) is 0.571. The molecule has 0 aromatic heterocycles. The monoisotopic (exact) mass is 236 g/mol. The second-order valence-electron chi connectivity index (χ2n) is 4.99. The first kappa shape index (κ1) is 14.0. The van der Waals surface area contributed by atoms with Crippen LogP contribution in [-0.4, -0.2) is 7.11 Å². The van der Waals surface area contributed by atoms with E-state index in [0.29, 0.717) is 11.8 Å². The standard InChI is InChI=1S/C14H24N2O/c1-9(2)11(4)14(16-15)12-8-10(3)6-7-13(12)17-5/h6-9,11,14,16H,15H2,1-5H3. The van der Waals surface area contributed by atoms with Crippen molar-refractivity contribution in [3.05, 3.63) is 29.3 Å². The second kappa shape index (κ2) is 6.03. The molecule has 2 unspecified atom stereocenters. The lowest BCUT2D eigenvalue weighted by Crippen LogP contribution is -2.34. The molecule has 0 heterocycles. The molecule has 0 saturated carbocycles. The molecule has 0 saturated heterocycles. The minimum absolute atomic E-state index is 0.116. The van der Waals surface area contributed by atoms with Crippen LogP contribution < -0.4 is 16.0 Å². The summed E-state index contributed by atoms with van der Waals surface area (Å²) in [6, 6.07) is 6.31. The molecule has 1 aromatic carbocycles. The van der Waals surface area contributed by atoms with Crippen LogP contribution in [-0.2, 0) is 0 Å². The first-order valence-electron chi connectivity index (χ1n) is 6.12. The molecule has 0 radical (unpaired) electrons. The van der Waals surface area contributed by atoms with Crippen LogP contribution in [0, 0.1) is 18.8 Å². The summed E-state index contributed by atoms with van der Waals surface area (Å²) in [5, 5.41) is 0. The molecule has 3 heteroatoms. The second-order valence-corrected chi connectivity index (χ2v) is 4.99. The third kappa shape index (κ3) is 3.20. The predicted molar refractivity (Wildman–Crippen MR) is 71.8 cm³/mol. The predicted octanol–water partition coefficient (Wildman–Crippen LogP) is 2.80. The highest BCUT2D eigenvalue weighted by molar-refractivity contribution is 5.39. The van der Waals surface area contributed by atoms with Crippen molar-refractivity contribution in [1.29, 1.82) is 0 Å². The Bertz CT molecular complexity index is 363. The van der Waals surface area contributed by atoms with Crippen molar-refractivity contribution in [3.63, 3.8) is 0 Å². The number of nitrogens with one attached hydrogen (secondary N) is 1. The van der Waals surface area contributed by atoms with Crippen molar-refractivity contribution in [2.24, 2.45) is 17.7 Å². The van der Waals surface area contributed by atoms with Gasteiger partial charge < -0.3 is 4.74 Å². The number of benzene rings is 1. The highest BCUT2D eigenvalue weighted by atomic mass is 16.5. The molecule has 0 aliphatic carbocycles. The van der Waals surface area contributed by atoms with E-state index in [9.17, 15) is 0 Å². The van der Waals surface area contributed by atoms with E-state index >= 15 is 0 Å². The van der Waals surface area contributed by atoms with Gasteiger partial charge in [-0.1, -0.05) is 38.5 Å². The summed E-state index contributed by atoms with van der Waals surface area (Å²) < 4.78 is 5.42. The van der Waals surface area contributed by atoms with Gasteiger partial charge in [-0.3, -0.25) is 11.3 Å². The molecule has 1 aromatic rings. The van der Waals surface area contributed by atoms with E-state index in [-0.39, 0.29) is 6.04 Å². The van der Waals surface area contributed by atoms with Gasteiger partial charge in [0.2, 0.25) is 0 Å². The quantitative estimate of drug-likeness (QED) is 0.610. The van der Waals surface area contributed by atoms with Crippen LogP contribution in [0.25, 0.3) is 0 Å². The van der Waals surface area contributed by atoms with Gasteiger partial charge in [-0.25, -0.2) is 0 Å². The molecule has 1 rings (SSSR count). The van der Waals surface area contributed by atoms with Gasteiger partial charge in [-0.15, -0.1) is 0 Å². The van der Waals surface area contributed by atoms with E-state index in [1.165, 1.54) is 5.56 Å². The third-order valence-corrected chi connectivity index (χ3v) is 3.48. The normalized spacial score (nSPS) is 14.8. The SMILES string of the molecule is COc1ccc(C)cc1C(NN)C(C)C(C)C. The largest absolute Gasteiger partial charge is 0.496 e. The van der Waals surface area contributed by atoms with Crippen LogP contribution in [0.3, 0.4) is 0 Å². The Hall–Kier alpha value is -1.06. The zero-order valence-electron chi connectivity index (χ0n) is 11.4. The number of hydrazine groups is 1. The molecule has 3 nitrogen and oxygen atoms in total. The van der Waals surface area contributed by atoms with E-state index in [0.717, 1.165) is 11.3 Å². The van der Waals surface area contributed by atoms with Crippen LogP contribution in [0.15, 0.2) is 18.2 Å². The van der Waals surface area contributed by atoms with Crippen molar-refractivity contribution in [2.75, 3.05) is 7.11 Å². The zero-order chi connectivity index (χ0) is 13.0. The molecule has 0 amide bonds.